The molecule has 1 aromatic carbocycles. The molecule has 0 aliphatic heterocycles. The molecule has 9 heteroatoms. The fraction of sp³-hybridized carbons (Fsp3) is 0.176. The maximum absolute atomic E-state index is 5.19. The number of rotatable bonds is 6. The van der Waals surface area contributed by atoms with E-state index in [-0.39, 0.29) is 0 Å². The van der Waals surface area contributed by atoms with Gasteiger partial charge in [0.15, 0.2) is 9.99 Å². The van der Waals surface area contributed by atoms with Crippen LogP contribution in [0, 0.1) is 0 Å². The van der Waals surface area contributed by atoms with Gasteiger partial charge in [0.2, 0.25) is 0 Å². The van der Waals surface area contributed by atoms with Crippen molar-refractivity contribution in [1.82, 2.24) is 24.7 Å². The summed E-state index contributed by atoms with van der Waals surface area (Å²) in [5, 5.41) is 7.94. The lowest BCUT2D eigenvalue weighted by Crippen LogP contribution is -2.03. The number of fused-ring (bicyclic) bond motifs is 1. The number of methoxy groups -OCH3 is 1. The molecular formula is C17H16N6OS2. The normalized spacial score (nSPS) is 11.0. The summed E-state index contributed by atoms with van der Waals surface area (Å²) in [4.78, 5) is 13.0. The third-order valence-electron chi connectivity index (χ3n) is 3.76. The van der Waals surface area contributed by atoms with Gasteiger partial charge >= 0.3 is 0 Å². The quantitative estimate of drug-likeness (QED) is 0.509. The molecule has 0 amide bonds. The summed E-state index contributed by atoms with van der Waals surface area (Å²) in [6, 6.07) is 9.76. The van der Waals surface area contributed by atoms with Crippen LogP contribution in [0.4, 0.5) is 5.82 Å². The first-order valence-electron chi connectivity index (χ1n) is 7.85. The van der Waals surface area contributed by atoms with Gasteiger partial charge in [-0.2, -0.15) is 5.10 Å². The van der Waals surface area contributed by atoms with Crippen LogP contribution in [0.5, 0.6) is 5.75 Å². The zero-order valence-corrected chi connectivity index (χ0v) is 15.8. The van der Waals surface area contributed by atoms with E-state index in [1.165, 1.54) is 6.33 Å². The number of nitrogens with zero attached hydrogens (tertiary/aromatic N) is 5. The van der Waals surface area contributed by atoms with E-state index >= 15 is 0 Å². The molecule has 0 fully saturated rings. The van der Waals surface area contributed by atoms with Crippen molar-refractivity contribution in [3.63, 3.8) is 0 Å². The van der Waals surface area contributed by atoms with Crippen molar-refractivity contribution in [2.24, 2.45) is 0 Å². The number of aromatic nitrogens is 5. The number of anilines is 1. The molecule has 0 aliphatic carbocycles. The van der Waals surface area contributed by atoms with Crippen molar-refractivity contribution < 1.29 is 4.74 Å². The largest absolute Gasteiger partial charge is 0.497 e. The molecule has 0 saturated heterocycles. The smallest absolute Gasteiger partial charge is 0.176 e. The SMILES string of the molecule is COc1ccc(-n2ccc(CNc3ncnc4nc(SC)sc34)n2)cc1. The molecule has 26 heavy (non-hydrogen) atoms. The Morgan fingerprint density at radius 1 is 1.19 bits per heavy atom. The summed E-state index contributed by atoms with van der Waals surface area (Å²) >= 11 is 3.20. The van der Waals surface area contributed by atoms with Crippen LogP contribution in [0.15, 0.2) is 47.2 Å². The van der Waals surface area contributed by atoms with E-state index in [0.717, 1.165) is 37.6 Å². The van der Waals surface area contributed by atoms with Crippen LogP contribution < -0.4 is 10.1 Å². The van der Waals surface area contributed by atoms with Gasteiger partial charge in [-0.25, -0.2) is 19.6 Å². The van der Waals surface area contributed by atoms with Crippen molar-refractivity contribution in [2.75, 3.05) is 18.7 Å². The monoisotopic (exact) mass is 384 g/mol. The van der Waals surface area contributed by atoms with E-state index in [1.807, 2.05) is 47.5 Å². The number of nitrogens with one attached hydrogen (secondary N) is 1. The number of thioether (sulfide) groups is 1. The van der Waals surface area contributed by atoms with Gasteiger partial charge in [-0.1, -0.05) is 11.8 Å². The minimum atomic E-state index is 0.571. The van der Waals surface area contributed by atoms with Crippen LogP contribution in [0.2, 0.25) is 0 Å². The van der Waals surface area contributed by atoms with E-state index < -0.39 is 0 Å². The second-order valence-corrected chi connectivity index (χ2v) is 7.41. The van der Waals surface area contributed by atoms with E-state index in [4.69, 9.17) is 4.74 Å². The average molecular weight is 384 g/mol. The fourth-order valence-corrected chi connectivity index (χ4v) is 3.94. The van der Waals surface area contributed by atoms with Crippen molar-refractivity contribution in [2.45, 2.75) is 10.9 Å². The molecule has 4 aromatic rings. The molecule has 7 nitrogen and oxygen atoms in total. The molecule has 0 radical (unpaired) electrons. The second kappa shape index (κ2) is 7.30. The first-order valence-corrected chi connectivity index (χ1v) is 9.89. The Kier molecular flexibility index (Phi) is 4.72. The van der Waals surface area contributed by atoms with Crippen LogP contribution in [-0.2, 0) is 6.54 Å². The van der Waals surface area contributed by atoms with Gasteiger partial charge in [0.25, 0.3) is 0 Å². The van der Waals surface area contributed by atoms with Gasteiger partial charge in [-0.05, 0) is 36.6 Å². The number of hydrogen-bond donors (Lipinski definition) is 1. The highest BCUT2D eigenvalue weighted by atomic mass is 32.2. The lowest BCUT2D eigenvalue weighted by molar-refractivity contribution is 0.414. The lowest BCUT2D eigenvalue weighted by atomic mass is 10.3. The summed E-state index contributed by atoms with van der Waals surface area (Å²) in [5.41, 5.74) is 2.62. The van der Waals surface area contributed by atoms with Crippen molar-refractivity contribution in [3.05, 3.63) is 48.5 Å². The first-order chi connectivity index (χ1) is 12.8. The summed E-state index contributed by atoms with van der Waals surface area (Å²) in [6.45, 7) is 0.571. The minimum Gasteiger partial charge on any atom is -0.497 e. The summed E-state index contributed by atoms with van der Waals surface area (Å²) in [5.74, 6) is 1.61. The number of thiazole rings is 1. The highest BCUT2D eigenvalue weighted by Crippen LogP contribution is 2.31. The molecule has 1 N–H and O–H groups in total. The zero-order valence-electron chi connectivity index (χ0n) is 14.2. The Labute approximate surface area is 158 Å². The van der Waals surface area contributed by atoms with Crippen molar-refractivity contribution >= 4 is 39.3 Å². The Morgan fingerprint density at radius 3 is 2.81 bits per heavy atom. The standard InChI is InChI=1S/C17H16N6OS2/c1-24-13-5-3-12(4-6-13)23-8-7-11(22-23)9-18-15-14-16(20-10-19-15)21-17(25-2)26-14/h3-8,10H,9H2,1-2H3,(H,18,19,20). The molecule has 0 aliphatic rings. The topological polar surface area (TPSA) is 77.8 Å². The molecule has 0 saturated carbocycles. The van der Waals surface area contributed by atoms with Gasteiger partial charge in [0.05, 0.1) is 25.0 Å². The zero-order chi connectivity index (χ0) is 17.9. The van der Waals surface area contributed by atoms with Gasteiger partial charge in [-0.15, -0.1) is 11.3 Å². The highest BCUT2D eigenvalue weighted by molar-refractivity contribution is 8.00. The van der Waals surface area contributed by atoms with Crippen LogP contribution >= 0.6 is 23.1 Å². The summed E-state index contributed by atoms with van der Waals surface area (Å²) < 4.78 is 8.97. The number of ether oxygens (including phenoxy) is 1. The third kappa shape index (κ3) is 3.35. The summed E-state index contributed by atoms with van der Waals surface area (Å²) in [7, 11) is 1.65. The molecule has 0 unspecified atom stereocenters. The Hall–Kier alpha value is -2.65. The maximum atomic E-state index is 5.19. The molecule has 0 atom stereocenters. The molecule has 0 spiro atoms. The van der Waals surface area contributed by atoms with E-state index in [2.05, 4.69) is 25.4 Å². The predicted molar refractivity (Wildman–Crippen MR) is 104 cm³/mol. The molecule has 3 heterocycles. The minimum absolute atomic E-state index is 0.571. The maximum Gasteiger partial charge on any atom is 0.176 e. The van der Waals surface area contributed by atoms with Crippen LogP contribution in [-0.4, -0.2) is 38.1 Å². The van der Waals surface area contributed by atoms with Gasteiger partial charge in [0.1, 0.15) is 22.6 Å². The molecule has 3 aromatic heterocycles. The molecule has 4 rings (SSSR count). The Balaban J connectivity index is 1.50. The van der Waals surface area contributed by atoms with E-state index in [0.29, 0.717) is 6.54 Å². The second-order valence-electron chi connectivity index (χ2n) is 5.36. The molecular weight excluding hydrogens is 368 g/mol. The number of benzene rings is 1. The van der Waals surface area contributed by atoms with Crippen molar-refractivity contribution in [1.29, 1.82) is 0 Å². The van der Waals surface area contributed by atoms with E-state index in [9.17, 15) is 0 Å². The summed E-state index contributed by atoms with van der Waals surface area (Å²) in [6.07, 6.45) is 5.47. The van der Waals surface area contributed by atoms with Gasteiger partial charge < -0.3 is 10.1 Å². The van der Waals surface area contributed by atoms with Gasteiger partial charge in [0, 0.05) is 6.20 Å². The first kappa shape index (κ1) is 16.8. The van der Waals surface area contributed by atoms with Gasteiger partial charge in [-0.3, -0.25) is 0 Å². The number of hydrogen-bond acceptors (Lipinski definition) is 8. The third-order valence-corrected chi connectivity index (χ3v) is 5.80. The lowest BCUT2D eigenvalue weighted by Gasteiger charge is -2.05. The van der Waals surface area contributed by atoms with E-state index in [1.54, 1.807) is 30.2 Å². The Bertz CT molecular complexity index is 1030. The molecule has 0 bridgehead atoms. The van der Waals surface area contributed by atoms with Crippen LogP contribution in [0.3, 0.4) is 0 Å². The van der Waals surface area contributed by atoms with Crippen LogP contribution in [0.25, 0.3) is 16.0 Å². The van der Waals surface area contributed by atoms with Crippen molar-refractivity contribution in [3.8, 4) is 11.4 Å². The Morgan fingerprint density at radius 2 is 2.04 bits per heavy atom. The van der Waals surface area contributed by atoms with Crippen LogP contribution in [0.1, 0.15) is 5.69 Å². The average Bonchev–Trinajstić information content (AvgIpc) is 3.33. The highest BCUT2D eigenvalue weighted by Gasteiger charge is 2.10. The fourth-order valence-electron chi connectivity index (χ4n) is 2.46. The predicted octanol–water partition coefficient (Wildman–Crippen LogP) is 3.61. The molecule has 132 valence electrons.